The molecule has 0 bridgehead atoms. The molecule has 3 atom stereocenters. The first-order valence-electron chi connectivity index (χ1n) is 7.81. The van der Waals surface area contributed by atoms with Crippen LogP contribution in [0.15, 0.2) is 11.1 Å². The fourth-order valence-corrected chi connectivity index (χ4v) is 5.15. The van der Waals surface area contributed by atoms with Crippen molar-refractivity contribution in [1.82, 2.24) is 19.5 Å². The molecule has 0 amide bonds. The van der Waals surface area contributed by atoms with Crippen molar-refractivity contribution in [2.45, 2.75) is 18.9 Å². The number of hydrogen-bond donors (Lipinski definition) is 7. The summed E-state index contributed by atoms with van der Waals surface area (Å²) in [7, 11) is -16.5. The Morgan fingerprint density at radius 3 is 2.45 bits per heavy atom. The number of aliphatic hydroxyl groups excluding tert-OH is 1. The van der Waals surface area contributed by atoms with Gasteiger partial charge in [0.1, 0.15) is 6.33 Å². The van der Waals surface area contributed by atoms with Crippen LogP contribution in [-0.2, 0) is 26.8 Å². The number of aromatic nitrogens is 4. The molecule has 2 aromatic heterocycles. The highest BCUT2D eigenvalue weighted by Gasteiger charge is 2.40. The molecule has 31 heavy (non-hydrogen) atoms. The first-order valence-corrected chi connectivity index (χ1v) is 12.3. The lowest BCUT2D eigenvalue weighted by molar-refractivity contribution is 0.0754. The SMILES string of the molecule is Nc1nc2c(ncn2C(=O)C[C@H](O)CCOP(=O)(O)OP(=O)(O)OP(=O)(O)O)c(=O)[nH]1. The van der Waals surface area contributed by atoms with Gasteiger partial charge >= 0.3 is 23.5 Å². The number of phosphoric ester groups is 1. The minimum Gasteiger partial charge on any atom is -0.393 e. The van der Waals surface area contributed by atoms with E-state index in [4.69, 9.17) is 20.4 Å². The van der Waals surface area contributed by atoms with Crippen molar-refractivity contribution in [2.75, 3.05) is 12.3 Å². The van der Waals surface area contributed by atoms with Crippen molar-refractivity contribution in [3.05, 3.63) is 16.7 Å². The number of nitrogens with one attached hydrogen (secondary N) is 1. The van der Waals surface area contributed by atoms with Gasteiger partial charge in [-0.2, -0.15) is 13.6 Å². The second-order valence-electron chi connectivity index (χ2n) is 5.70. The van der Waals surface area contributed by atoms with E-state index in [0.717, 1.165) is 10.9 Å². The van der Waals surface area contributed by atoms with E-state index < -0.39 is 60.5 Å². The standard InChI is InChI=1S/C10H16N5O13P3/c11-10-13-8-7(9(18)14-10)12-4-15(8)6(17)3-5(16)1-2-26-30(22,23)28-31(24,25)27-29(19,20)21/h4-5,16H,1-3H2,(H,22,23)(H,24,25)(H2,19,20,21)(H3,11,13,14,18)/t5-/m1/s1. The highest BCUT2D eigenvalue weighted by molar-refractivity contribution is 7.66. The minimum absolute atomic E-state index is 0.160. The molecule has 2 heterocycles. The number of imidazole rings is 1. The van der Waals surface area contributed by atoms with E-state index in [1.54, 1.807) is 0 Å². The van der Waals surface area contributed by atoms with Crippen molar-refractivity contribution in [1.29, 1.82) is 0 Å². The van der Waals surface area contributed by atoms with Gasteiger partial charge in [0.05, 0.1) is 19.1 Å². The van der Waals surface area contributed by atoms with Crippen LogP contribution >= 0.6 is 23.5 Å². The summed E-state index contributed by atoms with van der Waals surface area (Å²) in [6.07, 6.45) is -1.53. The van der Waals surface area contributed by atoms with Crippen LogP contribution in [0.1, 0.15) is 17.6 Å². The fraction of sp³-hybridized carbons (Fsp3) is 0.400. The largest absolute Gasteiger partial charge is 0.490 e. The molecule has 2 rings (SSSR count). The summed E-state index contributed by atoms with van der Waals surface area (Å²) in [6.45, 7) is -0.784. The lowest BCUT2D eigenvalue weighted by atomic mass is 10.2. The summed E-state index contributed by atoms with van der Waals surface area (Å²) in [5.41, 5.74) is 4.38. The fourth-order valence-electron chi connectivity index (χ4n) is 2.12. The van der Waals surface area contributed by atoms with Gasteiger partial charge in [-0.3, -0.25) is 23.7 Å². The van der Waals surface area contributed by atoms with E-state index in [2.05, 4.69) is 28.1 Å². The maximum Gasteiger partial charge on any atom is 0.490 e. The van der Waals surface area contributed by atoms with E-state index in [1.165, 1.54) is 0 Å². The average Bonchev–Trinajstić information content (AvgIpc) is 2.94. The first-order chi connectivity index (χ1) is 14.1. The number of carbonyl (C=O) groups is 1. The van der Waals surface area contributed by atoms with Crippen molar-refractivity contribution >= 4 is 46.5 Å². The number of fused-ring (bicyclic) bond motifs is 1. The van der Waals surface area contributed by atoms with E-state index in [0.29, 0.717) is 0 Å². The van der Waals surface area contributed by atoms with Crippen LogP contribution in [0.4, 0.5) is 5.95 Å². The summed E-state index contributed by atoms with van der Waals surface area (Å²) in [4.78, 5) is 68.8. The van der Waals surface area contributed by atoms with E-state index >= 15 is 0 Å². The molecule has 8 N–H and O–H groups in total. The zero-order valence-corrected chi connectivity index (χ0v) is 17.7. The van der Waals surface area contributed by atoms with E-state index in [9.17, 15) is 33.3 Å². The van der Waals surface area contributed by atoms with Gasteiger partial charge in [-0.25, -0.2) is 18.7 Å². The van der Waals surface area contributed by atoms with Crippen LogP contribution in [0, 0.1) is 0 Å². The molecule has 0 aliphatic rings. The summed E-state index contributed by atoms with van der Waals surface area (Å²) in [5, 5.41) is 9.89. The molecule has 0 saturated heterocycles. The molecule has 0 spiro atoms. The predicted molar refractivity (Wildman–Crippen MR) is 98.2 cm³/mol. The van der Waals surface area contributed by atoms with Gasteiger partial charge in [0, 0.05) is 0 Å². The summed E-state index contributed by atoms with van der Waals surface area (Å²) < 4.78 is 45.4. The summed E-state index contributed by atoms with van der Waals surface area (Å²) in [6, 6.07) is 0. The maximum atomic E-state index is 12.3. The summed E-state index contributed by atoms with van der Waals surface area (Å²) in [5.74, 6) is -1.05. The van der Waals surface area contributed by atoms with Gasteiger partial charge < -0.3 is 30.4 Å². The van der Waals surface area contributed by atoms with Crippen LogP contribution in [-0.4, -0.2) is 62.8 Å². The van der Waals surface area contributed by atoms with Crippen LogP contribution < -0.4 is 11.3 Å². The van der Waals surface area contributed by atoms with Crippen molar-refractivity contribution in [3.8, 4) is 0 Å². The van der Waals surface area contributed by atoms with Gasteiger partial charge in [-0.1, -0.05) is 0 Å². The molecular formula is C10H16N5O13P3. The number of anilines is 1. The normalized spacial score (nSPS) is 17.2. The topological polar surface area (TPSA) is 287 Å². The third kappa shape index (κ3) is 7.68. The van der Waals surface area contributed by atoms with Crippen LogP contribution in [0.5, 0.6) is 0 Å². The van der Waals surface area contributed by atoms with Crippen molar-refractivity contribution in [3.63, 3.8) is 0 Å². The van der Waals surface area contributed by atoms with Gasteiger partial charge in [-0.05, 0) is 6.42 Å². The Labute approximate surface area is 171 Å². The van der Waals surface area contributed by atoms with Crippen LogP contribution in [0.25, 0.3) is 11.2 Å². The maximum absolute atomic E-state index is 12.3. The molecule has 0 aromatic carbocycles. The Bertz CT molecular complexity index is 1170. The Morgan fingerprint density at radius 2 is 1.84 bits per heavy atom. The van der Waals surface area contributed by atoms with Gasteiger partial charge in [0.2, 0.25) is 11.9 Å². The number of H-pyrrole nitrogens is 1. The molecule has 2 unspecified atom stereocenters. The van der Waals surface area contributed by atoms with Crippen molar-refractivity contribution in [2.24, 2.45) is 0 Å². The highest BCUT2D eigenvalue weighted by atomic mass is 31.3. The van der Waals surface area contributed by atoms with E-state index in [-0.39, 0.29) is 17.1 Å². The zero-order chi connectivity index (χ0) is 23.6. The lowest BCUT2D eigenvalue weighted by Gasteiger charge is -2.16. The molecule has 0 aliphatic carbocycles. The lowest BCUT2D eigenvalue weighted by Crippen LogP contribution is -2.21. The van der Waals surface area contributed by atoms with Gasteiger partial charge in [-0.15, -0.1) is 0 Å². The second-order valence-corrected chi connectivity index (χ2v) is 10.1. The predicted octanol–water partition coefficient (Wildman–Crippen LogP) is -1.17. The number of phosphoric acid groups is 3. The minimum atomic E-state index is -5.66. The second kappa shape index (κ2) is 9.36. The smallest absolute Gasteiger partial charge is 0.393 e. The third-order valence-electron chi connectivity index (χ3n) is 3.23. The number of aliphatic hydroxyl groups is 1. The van der Waals surface area contributed by atoms with Gasteiger partial charge in [0.15, 0.2) is 11.2 Å². The van der Waals surface area contributed by atoms with Crippen LogP contribution in [0.2, 0.25) is 0 Å². The van der Waals surface area contributed by atoms with E-state index in [1.807, 2.05) is 0 Å². The van der Waals surface area contributed by atoms with Crippen molar-refractivity contribution < 1.29 is 56.3 Å². The number of nitrogens with zero attached hydrogens (tertiary/aromatic N) is 3. The molecular weight excluding hydrogens is 491 g/mol. The molecule has 0 fully saturated rings. The molecule has 0 aliphatic heterocycles. The third-order valence-corrected chi connectivity index (χ3v) is 7.06. The molecule has 0 saturated carbocycles. The Balaban J connectivity index is 1.92. The number of nitrogens with two attached hydrogens (primary N) is 1. The average molecular weight is 507 g/mol. The molecule has 0 radical (unpaired) electrons. The Hall–Kier alpha value is -1.81. The zero-order valence-electron chi connectivity index (χ0n) is 15.0. The number of rotatable bonds is 10. The number of carbonyl (C=O) groups excluding carboxylic acids is 1. The van der Waals surface area contributed by atoms with Gasteiger partial charge in [0.25, 0.3) is 5.56 Å². The molecule has 174 valence electrons. The Kier molecular flexibility index (Phi) is 7.68. The molecule has 18 nitrogen and oxygen atoms in total. The Morgan fingerprint density at radius 1 is 1.19 bits per heavy atom. The number of aromatic amines is 1. The molecule has 2 aromatic rings. The summed E-state index contributed by atoms with van der Waals surface area (Å²) >= 11 is 0. The first kappa shape index (κ1) is 25.5. The number of hydrogen-bond acceptors (Lipinski definition) is 12. The monoisotopic (exact) mass is 507 g/mol. The number of nitrogen functional groups attached to an aromatic ring is 1. The van der Waals surface area contributed by atoms with Crippen LogP contribution in [0.3, 0.4) is 0 Å². The highest BCUT2D eigenvalue weighted by Crippen LogP contribution is 2.66. The quantitative estimate of drug-likeness (QED) is 0.186. The molecule has 21 heteroatoms.